The first-order valence-electron chi connectivity index (χ1n) is 12.2. The zero-order valence-corrected chi connectivity index (χ0v) is 21.2. The second-order valence-electron chi connectivity index (χ2n) is 9.72. The van der Waals surface area contributed by atoms with Gasteiger partial charge in [-0.1, -0.05) is 18.2 Å². The van der Waals surface area contributed by atoms with Gasteiger partial charge in [0.2, 0.25) is 11.8 Å². The first-order chi connectivity index (χ1) is 18.3. The van der Waals surface area contributed by atoms with Gasteiger partial charge in [0.05, 0.1) is 12.2 Å². The summed E-state index contributed by atoms with van der Waals surface area (Å²) < 4.78 is 64.4. The molecule has 1 heterocycles. The van der Waals surface area contributed by atoms with Crippen LogP contribution >= 0.6 is 0 Å². The average Bonchev–Trinajstić information content (AvgIpc) is 3.38. The third kappa shape index (κ3) is 5.82. The molecule has 4 rings (SSSR count). The number of methoxy groups -OCH3 is 1. The van der Waals surface area contributed by atoms with Gasteiger partial charge in [-0.05, 0) is 49.1 Å². The van der Waals surface area contributed by atoms with Crippen LogP contribution in [0, 0.1) is 11.7 Å². The van der Waals surface area contributed by atoms with Gasteiger partial charge >= 0.3 is 12.3 Å². The quantitative estimate of drug-likeness (QED) is 0.497. The summed E-state index contributed by atoms with van der Waals surface area (Å²) in [5, 5.41) is 2.48. The topological polar surface area (TPSA) is 105 Å². The summed E-state index contributed by atoms with van der Waals surface area (Å²) in [4.78, 5) is 52.3. The molecule has 0 radical (unpaired) electrons. The molecule has 2 fully saturated rings. The Kier molecular flexibility index (Phi) is 7.82. The Morgan fingerprint density at radius 2 is 1.92 bits per heavy atom. The first-order valence-corrected chi connectivity index (χ1v) is 12.2. The van der Waals surface area contributed by atoms with Crippen LogP contribution in [0.15, 0.2) is 47.7 Å². The number of fused-ring (bicyclic) bond motifs is 2. The number of halogens is 4. The maximum absolute atomic E-state index is 13.6. The lowest BCUT2D eigenvalue weighted by Crippen LogP contribution is -2.50. The summed E-state index contributed by atoms with van der Waals surface area (Å²) in [5.41, 5.74) is -0.344. The Labute approximate surface area is 221 Å². The fraction of sp³-hybridized carbons (Fsp3) is 0.462. The first kappa shape index (κ1) is 28.3. The minimum Gasteiger partial charge on any atom is -0.436 e. The molecule has 13 heteroatoms. The van der Waals surface area contributed by atoms with Gasteiger partial charge in [0.15, 0.2) is 11.4 Å². The summed E-state index contributed by atoms with van der Waals surface area (Å²) in [6, 6.07) is 2.55. The zero-order valence-electron chi connectivity index (χ0n) is 21.2. The molecule has 1 aromatic carbocycles. The van der Waals surface area contributed by atoms with E-state index in [2.05, 4.69) is 5.32 Å². The number of nitrogens with one attached hydrogen (secondary N) is 1. The van der Waals surface area contributed by atoms with E-state index in [1.165, 1.54) is 25.3 Å². The van der Waals surface area contributed by atoms with Crippen molar-refractivity contribution < 1.29 is 46.2 Å². The molecule has 3 amide bonds. The number of nitrogens with zero attached hydrogens (tertiary/aromatic N) is 2. The number of carbonyl (C=O) groups excluding carboxylic acids is 4. The van der Waals surface area contributed by atoms with Crippen LogP contribution in [-0.4, -0.2) is 78.1 Å². The van der Waals surface area contributed by atoms with Crippen molar-refractivity contribution in [1.29, 1.82) is 0 Å². The molecule has 1 spiro atoms. The smallest absolute Gasteiger partial charge is 0.411 e. The third-order valence-electron chi connectivity index (χ3n) is 7.14. The second-order valence-corrected chi connectivity index (χ2v) is 9.72. The van der Waals surface area contributed by atoms with Crippen LogP contribution in [0.3, 0.4) is 0 Å². The van der Waals surface area contributed by atoms with Crippen molar-refractivity contribution >= 4 is 23.7 Å². The Bertz CT molecular complexity index is 1230. The fourth-order valence-corrected chi connectivity index (χ4v) is 5.09. The van der Waals surface area contributed by atoms with E-state index < -0.39 is 60.6 Å². The largest absolute Gasteiger partial charge is 0.436 e. The van der Waals surface area contributed by atoms with Crippen molar-refractivity contribution in [2.45, 2.75) is 44.1 Å². The number of alkyl halides is 3. The van der Waals surface area contributed by atoms with Crippen LogP contribution in [0.4, 0.5) is 22.4 Å². The lowest BCUT2D eigenvalue weighted by Gasteiger charge is -2.32. The van der Waals surface area contributed by atoms with E-state index in [1.54, 1.807) is 6.08 Å². The summed E-state index contributed by atoms with van der Waals surface area (Å²) in [5.74, 6) is -3.06. The number of carbonyl (C=O) groups is 4. The van der Waals surface area contributed by atoms with Crippen molar-refractivity contribution in [2.75, 3.05) is 26.8 Å². The molecule has 1 saturated carbocycles. The number of rotatable bonds is 8. The molecule has 1 saturated heterocycles. The van der Waals surface area contributed by atoms with Crippen LogP contribution < -0.4 is 5.32 Å². The van der Waals surface area contributed by atoms with E-state index in [9.17, 15) is 36.7 Å². The van der Waals surface area contributed by atoms with Gasteiger partial charge in [0.1, 0.15) is 25.0 Å². The molecule has 2 aliphatic carbocycles. The van der Waals surface area contributed by atoms with Crippen LogP contribution in [-0.2, 0) is 30.4 Å². The van der Waals surface area contributed by atoms with Gasteiger partial charge in [-0.2, -0.15) is 13.2 Å². The van der Waals surface area contributed by atoms with Crippen molar-refractivity contribution in [3.8, 4) is 0 Å². The predicted octanol–water partition coefficient (Wildman–Crippen LogP) is 2.86. The summed E-state index contributed by atoms with van der Waals surface area (Å²) in [6.45, 7) is -0.653. The summed E-state index contributed by atoms with van der Waals surface area (Å²) in [6.07, 6.45) is -2.05. The molecule has 1 aromatic rings. The van der Waals surface area contributed by atoms with E-state index in [4.69, 9.17) is 9.47 Å². The van der Waals surface area contributed by atoms with E-state index in [0.717, 1.165) is 24.0 Å². The molecule has 1 N–H and O–H groups in total. The molecule has 0 bridgehead atoms. The number of ether oxygens (including phenoxy) is 2. The molecule has 0 aromatic heterocycles. The van der Waals surface area contributed by atoms with Gasteiger partial charge in [0, 0.05) is 19.6 Å². The molecule has 210 valence electrons. The lowest BCUT2D eigenvalue weighted by molar-refractivity contribution is -0.187. The highest BCUT2D eigenvalue weighted by Gasteiger charge is 2.56. The minimum absolute atomic E-state index is 0.0804. The maximum Gasteiger partial charge on any atom is 0.411 e. The molecule has 1 aliphatic heterocycles. The predicted molar refractivity (Wildman–Crippen MR) is 127 cm³/mol. The Balaban J connectivity index is 1.51. The van der Waals surface area contributed by atoms with Crippen molar-refractivity contribution in [2.24, 2.45) is 5.92 Å². The van der Waals surface area contributed by atoms with Gasteiger partial charge in [0.25, 0.3) is 0 Å². The Morgan fingerprint density at radius 1 is 1.23 bits per heavy atom. The monoisotopic (exact) mass is 553 g/mol. The van der Waals surface area contributed by atoms with Gasteiger partial charge in [-0.15, -0.1) is 0 Å². The van der Waals surface area contributed by atoms with Crippen LogP contribution in [0.2, 0.25) is 0 Å². The number of hydrogen-bond acceptors (Lipinski definition) is 6. The maximum atomic E-state index is 13.6. The van der Waals surface area contributed by atoms with Crippen molar-refractivity contribution in [1.82, 2.24) is 15.1 Å². The number of amides is 3. The number of ketones is 1. The van der Waals surface area contributed by atoms with E-state index in [-0.39, 0.29) is 36.6 Å². The van der Waals surface area contributed by atoms with Crippen LogP contribution in [0.1, 0.15) is 25.3 Å². The van der Waals surface area contributed by atoms with Crippen LogP contribution in [0.25, 0.3) is 0 Å². The highest BCUT2D eigenvalue weighted by atomic mass is 19.4. The highest BCUT2D eigenvalue weighted by Crippen LogP contribution is 2.48. The molecule has 3 atom stereocenters. The molecule has 3 aliphatic rings. The Morgan fingerprint density at radius 3 is 2.56 bits per heavy atom. The summed E-state index contributed by atoms with van der Waals surface area (Å²) in [7, 11) is 1.34. The number of hydrogen-bond donors (Lipinski definition) is 1. The fourth-order valence-electron chi connectivity index (χ4n) is 5.09. The van der Waals surface area contributed by atoms with E-state index in [0.29, 0.717) is 16.9 Å². The lowest BCUT2D eigenvalue weighted by atomic mass is 9.85. The van der Waals surface area contributed by atoms with Gasteiger partial charge in [-0.3, -0.25) is 19.3 Å². The van der Waals surface area contributed by atoms with Crippen LogP contribution in [0.5, 0.6) is 0 Å². The normalized spacial score (nSPS) is 23.2. The SMILES string of the molecule is COCC(=O)NC1=CC=C2C(CC[C@]23CN(CC(=O)N(Cc2ccc(F)cc2)C(C)C(F)(F)F)C(=O)O3)C1=O. The standard InChI is InChI=1S/C26H27F4N3O6/c1-15(26(28,29)30)33(11-16-3-5-17(27)6-4-16)22(35)12-32-14-25(39-24(32)37)10-9-18-19(25)7-8-20(23(18)36)31-21(34)13-38-2/h3-8,15,18H,9-14H2,1-2H3,(H,31,34)/t15?,18?,25-/m0/s1. The molecular weight excluding hydrogens is 526 g/mol. The molecule has 9 nitrogen and oxygen atoms in total. The minimum atomic E-state index is -4.74. The molecule has 2 unspecified atom stereocenters. The highest BCUT2D eigenvalue weighted by molar-refractivity contribution is 6.04. The second kappa shape index (κ2) is 10.8. The average molecular weight is 554 g/mol. The Hall–Kier alpha value is -3.74. The molecule has 39 heavy (non-hydrogen) atoms. The van der Waals surface area contributed by atoms with E-state index in [1.807, 2.05) is 0 Å². The zero-order chi connectivity index (χ0) is 28.5. The van der Waals surface area contributed by atoms with Gasteiger partial charge < -0.3 is 19.7 Å². The van der Waals surface area contributed by atoms with Gasteiger partial charge in [-0.25, -0.2) is 9.18 Å². The molecular formula is C26H27F4N3O6. The number of allylic oxidation sites excluding steroid dienone is 3. The number of benzene rings is 1. The van der Waals surface area contributed by atoms with Crippen molar-refractivity contribution in [3.05, 3.63) is 59.1 Å². The van der Waals surface area contributed by atoms with E-state index >= 15 is 0 Å². The van der Waals surface area contributed by atoms with Crippen molar-refractivity contribution in [3.63, 3.8) is 0 Å². The third-order valence-corrected chi connectivity index (χ3v) is 7.14. The number of Topliss-reactive ketones (excluding diaryl/α,β-unsaturated/α-hetero) is 1. The summed E-state index contributed by atoms with van der Waals surface area (Å²) >= 11 is 0.